The van der Waals surface area contributed by atoms with Crippen LogP contribution in [0.1, 0.15) is 19.2 Å². The van der Waals surface area contributed by atoms with Crippen molar-refractivity contribution in [2.45, 2.75) is 24.2 Å². The molecule has 1 N–H and O–H groups in total. The first-order chi connectivity index (χ1) is 7.37. The number of nitrogens with one attached hydrogen (secondary N) is 1. The van der Waals surface area contributed by atoms with E-state index in [0.29, 0.717) is 18.8 Å². The van der Waals surface area contributed by atoms with Crippen LogP contribution in [0.3, 0.4) is 0 Å². The van der Waals surface area contributed by atoms with Crippen molar-refractivity contribution < 1.29 is 4.79 Å². The van der Waals surface area contributed by atoms with E-state index >= 15 is 0 Å². The lowest BCUT2D eigenvalue weighted by atomic mass is 10.1. The molecule has 1 saturated carbocycles. The smallest absolute Gasteiger partial charge is 0.229 e. The molecule has 0 spiro atoms. The summed E-state index contributed by atoms with van der Waals surface area (Å²) in [7, 11) is 1.81. The van der Waals surface area contributed by atoms with Gasteiger partial charge in [-0.2, -0.15) is 0 Å². The maximum Gasteiger partial charge on any atom is 0.229 e. The van der Waals surface area contributed by atoms with Crippen LogP contribution >= 0.6 is 23.2 Å². The van der Waals surface area contributed by atoms with Crippen LogP contribution in [0, 0.1) is 5.41 Å². The van der Waals surface area contributed by atoms with E-state index in [9.17, 15) is 4.79 Å². The fourth-order valence-corrected chi connectivity index (χ4v) is 2.17. The highest BCUT2D eigenvalue weighted by atomic mass is 35.5. The van der Waals surface area contributed by atoms with Crippen LogP contribution < -0.4 is 5.32 Å². The number of carbonyl (C=O) groups excluding carboxylic acids is 1. The molecule has 88 valence electrons. The van der Waals surface area contributed by atoms with Crippen molar-refractivity contribution in [3.05, 3.63) is 12.2 Å². The highest BCUT2D eigenvalue weighted by Gasteiger charge is 2.67. The summed E-state index contributed by atoms with van der Waals surface area (Å²) in [5, 5.41) is 10.3. The number of amides is 1. The lowest BCUT2D eigenvalue weighted by Gasteiger charge is -2.11. The number of carbonyl (C=O) groups is 1. The second-order valence-corrected chi connectivity index (χ2v) is 5.74. The summed E-state index contributed by atoms with van der Waals surface area (Å²) in [6.45, 7) is 2.08. The molecule has 1 heterocycles. The first kappa shape index (κ1) is 11.7. The predicted octanol–water partition coefficient (Wildman–Crippen LogP) is 1.02. The Bertz CT molecular complexity index is 431. The Morgan fingerprint density at radius 2 is 2.31 bits per heavy atom. The van der Waals surface area contributed by atoms with Crippen molar-refractivity contribution in [1.29, 1.82) is 0 Å². The van der Waals surface area contributed by atoms with E-state index in [4.69, 9.17) is 23.2 Å². The van der Waals surface area contributed by atoms with E-state index in [2.05, 4.69) is 15.5 Å². The van der Waals surface area contributed by atoms with Crippen molar-refractivity contribution in [3.8, 4) is 0 Å². The zero-order valence-corrected chi connectivity index (χ0v) is 10.5. The van der Waals surface area contributed by atoms with Gasteiger partial charge in [0.05, 0.1) is 12.0 Å². The maximum atomic E-state index is 11.8. The maximum absolute atomic E-state index is 11.8. The Hall–Kier alpha value is -0.810. The molecule has 0 radical (unpaired) electrons. The average Bonchev–Trinajstić information content (AvgIpc) is 2.57. The van der Waals surface area contributed by atoms with Crippen molar-refractivity contribution in [2.75, 3.05) is 0 Å². The molecule has 0 saturated heterocycles. The fraction of sp³-hybridized carbons (Fsp3) is 0.667. The van der Waals surface area contributed by atoms with Gasteiger partial charge in [-0.05, 0) is 13.3 Å². The molecule has 1 aromatic rings. The second kappa shape index (κ2) is 3.60. The van der Waals surface area contributed by atoms with Gasteiger partial charge < -0.3 is 9.88 Å². The molecular formula is C9H12Cl2N4O. The third-order valence-corrected chi connectivity index (χ3v) is 4.07. The zero-order valence-electron chi connectivity index (χ0n) is 9.00. The van der Waals surface area contributed by atoms with Crippen LogP contribution in [-0.2, 0) is 18.4 Å². The lowest BCUT2D eigenvalue weighted by Crippen LogP contribution is -2.33. The van der Waals surface area contributed by atoms with Crippen LogP contribution in [0.2, 0.25) is 0 Å². The van der Waals surface area contributed by atoms with Gasteiger partial charge in [0.1, 0.15) is 10.7 Å². The average molecular weight is 263 g/mol. The Kier molecular flexibility index (Phi) is 2.62. The van der Waals surface area contributed by atoms with Crippen LogP contribution in [-0.4, -0.2) is 25.0 Å². The first-order valence-electron chi connectivity index (χ1n) is 4.86. The quantitative estimate of drug-likeness (QED) is 0.828. The molecule has 0 aromatic carbocycles. The molecule has 7 heteroatoms. The number of aromatic nitrogens is 3. The van der Waals surface area contributed by atoms with Crippen molar-refractivity contribution >= 4 is 29.1 Å². The van der Waals surface area contributed by atoms with E-state index in [0.717, 1.165) is 0 Å². The van der Waals surface area contributed by atoms with Gasteiger partial charge in [0.2, 0.25) is 5.91 Å². The summed E-state index contributed by atoms with van der Waals surface area (Å²) in [6.07, 6.45) is 2.06. The number of hydrogen-bond acceptors (Lipinski definition) is 3. The number of rotatable bonds is 3. The highest BCUT2D eigenvalue weighted by Crippen LogP contribution is 2.63. The van der Waals surface area contributed by atoms with Gasteiger partial charge in [0.15, 0.2) is 5.82 Å². The van der Waals surface area contributed by atoms with Crippen molar-refractivity contribution in [1.82, 2.24) is 20.1 Å². The minimum absolute atomic E-state index is 0.152. The lowest BCUT2D eigenvalue weighted by molar-refractivity contribution is -0.126. The molecule has 1 fully saturated rings. The van der Waals surface area contributed by atoms with Crippen LogP contribution in [0.5, 0.6) is 0 Å². The van der Waals surface area contributed by atoms with Gasteiger partial charge in [0.25, 0.3) is 0 Å². The van der Waals surface area contributed by atoms with E-state index in [1.54, 1.807) is 17.8 Å². The molecule has 1 aliphatic rings. The molecule has 1 atom stereocenters. The number of halogens is 2. The predicted molar refractivity (Wildman–Crippen MR) is 60.0 cm³/mol. The van der Waals surface area contributed by atoms with Crippen LogP contribution in [0.15, 0.2) is 6.33 Å². The third-order valence-electron chi connectivity index (χ3n) is 2.97. The minimum atomic E-state index is -0.934. The minimum Gasteiger partial charge on any atom is -0.348 e. The van der Waals surface area contributed by atoms with Gasteiger partial charge in [-0.3, -0.25) is 4.79 Å². The molecule has 1 aromatic heterocycles. The molecule has 0 unspecified atom stereocenters. The second-order valence-electron chi connectivity index (χ2n) is 4.25. The largest absolute Gasteiger partial charge is 0.348 e. The number of alkyl halides is 2. The van der Waals surface area contributed by atoms with Gasteiger partial charge in [0, 0.05) is 7.05 Å². The van der Waals surface area contributed by atoms with Crippen LogP contribution in [0.4, 0.5) is 0 Å². The summed E-state index contributed by atoms with van der Waals surface area (Å²) in [6, 6.07) is 0. The number of aryl methyl sites for hydroxylation is 1. The summed E-state index contributed by atoms with van der Waals surface area (Å²) >= 11 is 11.8. The monoisotopic (exact) mass is 262 g/mol. The topological polar surface area (TPSA) is 59.8 Å². The normalized spacial score (nSPS) is 26.5. The summed E-state index contributed by atoms with van der Waals surface area (Å²) < 4.78 is 0.807. The number of hydrogen-bond donors (Lipinski definition) is 1. The molecule has 16 heavy (non-hydrogen) atoms. The summed E-state index contributed by atoms with van der Waals surface area (Å²) in [5.74, 6) is 0.535. The van der Waals surface area contributed by atoms with E-state index in [1.165, 1.54) is 0 Å². The Morgan fingerprint density at radius 3 is 2.75 bits per heavy atom. The standard InChI is InChI=1S/C9H12Cl2N4O/c1-8(4-9(8,10)11)7(16)12-3-6-14-13-5-15(6)2/h5H,3-4H2,1-2H3,(H,12,16)/t8-/m0/s1. The van der Waals surface area contributed by atoms with Crippen LogP contribution in [0.25, 0.3) is 0 Å². The van der Waals surface area contributed by atoms with E-state index in [-0.39, 0.29) is 5.91 Å². The van der Waals surface area contributed by atoms with Gasteiger partial charge in [-0.15, -0.1) is 33.4 Å². The number of nitrogens with zero attached hydrogens (tertiary/aromatic N) is 3. The van der Waals surface area contributed by atoms with Gasteiger partial charge in [-0.1, -0.05) is 0 Å². The molecule has 0 aliphatic heterocycles. The molecule has 5 nitrogen and oxygen atoms in total. The van der Waals surface area contributed by atoms with Gasteiger partial charge >= 0.3 is 0 Å². The first-order valence-corrected chi connectivity index (χ1v) is 5.61. The summed E-state index contributed by atoms with van der Waals surface area (Å²) in [4.78, 5) is 11.8. The molecular weight excluding hydrogens is 251 g/mol. The summed E-state index contributed by atoms with van der Waals surface area (Å²) in [5.41, 5.74) is -0.686. The van der Waals surface area contributed by atoms with Gasteiger partial charge in [-0.25, -0.2) is 0 Å². The Balaban J connectivity index is 1.93. The van der Waals surface area contributed by atoms with Crippen molar-refractivity contribution in [3.63, 3.8) is 0 Å². The highest BCUT2D eigenvalue weighted by molar-refractivity contribution is 6.53. The molecule has 1 amide bonds. The van der Waals surface area contributed by atoms with E-state index < -0.39 is 9.75 Å². The molecule has 1 aliphatic carbocycles. The third kappa shape index (κ3) is 1.78. The van der Waals surface area contributed by atoms with Crippen molar-refractivity contribution in [2.24, 2.45) is 12.5 Å². The Morgan fingerprint density at radius 1 is 1.69 bits per heavy atom. The molecule has 0 bridgehead atoms. The molecule has 2 rings (SSSR count). The SMILES string of the molecule is Cn1cnnc1CNC(=O)[C@]1(C)CC1(Cl)Cl. The van der Waals surface area contributed by atoms with E-state index in [1.807, 2.05) is 7.05 Å². The Labute approximate surface area is 103 Å². The fourth-order valence-electron chi connectivity index (χ4n) is 1.47. The zero-order chi connectivity index (χ0) is 12.0.